The fraction of sp³-hybridized carbons (Fsp3) is 0.600. The topological polar surface area (TPSA) is 15.3 Å². The lowest BCUT2D eigenvalue weighted by atomic mass is 9.92. The van der Waals surface area contributed by atoms with E-state index in [4.69, 9.17) is 0 Å². The molecule has 0 aromatic heterocycles. The van der Waals surface area contributed by atoms with E-state index in [1.54, 1.807) is 0 Å². The zero-order chi connectivity index (χ0) is 11.5. The molecular weight excluding hydrogens is 208 g/mol. The molecule has 92 valence electrons. The molecule has 2 aliphatic rings. The van der Waals surface area contributed by atoms with E-state index >= 15 is 0 Å². The van der Waals surface area contributed by atoms with Gasteiger partial charge in [-0.25, -0.2) is 0 Å². The van der Waals surface area contributed by atoms with Gasteiger partial charge >= 0.3 is 0 Å². The minimum atomic E-state index is 0.777. The number of fused-ring (bicyclic) bond motifs is 1. The molecular formula is C15H22N2. The van der Waals surface area contributed by atoms with E-state index in [0.29, 0.717) is 0 Å². The molecule has 0 radical (unpaired) electrons. The highest BCUT2D eigenvalue weighted by Crippen LogP contribution is 2.25. The highest BCUT2D eigenvalue weighted by Gasteiger charge is 2.31. The summed E-state index contributed by atoms with van der Waals surface area (Å²) in [6, 6.07) is 11.6. The van der Waals surface area contributed by atoms with E-state index in [-0.39, 0.29) is 0 Å². The number of rotatable bonds is 3. The van der Waals surface area contributed by atoms with Gasteiger partial charge in [0.1, 0.15) is 0 Å². The first kappa shape index (κ1) is 11.2. The Morgan fingerprint density at radius 3 is 2.94 bits per heavy atom. The maximum atomic E-state index is 3.65. The van der Waals surface area contributed by atoms with Crippen LogP contribution in [0.25, 0.3) is 0 Å². The van der Waals surface area contributed by atoms with Crippen molar-refractivity contribution in [1.29, 1.82) is 0 Å². The molecule has 2 aliphatic heterocycles. The Morgan fingerprint density at radius 2 is 2.06 bits per heavy atom. The molecule has 2 fully saturated rings. The van der Waals surface area contributed by atoms with E-state index in [1.807, 2.05) is 0 Å². The predicted molar refractivity (Wildman–Crippen MR) is 71.1 cm³/mol. The highest BCUT2D eigenvalue weighted by molar-refractivity contribution is 5.14. The van der Waals surface area contributed by atoms with Crippen LogP contribution in [0.2, 0.25) is 0 Å². The van der Waals surface area contributed by atoms with Crippen LogP contribution < -0.4 is 5.32 Å². The zero-order valence-electron chi connectivity index (χ0n) is 10.4. The minimum absolute atomic E-state index is 0.777. The molecule has 1 aromatic rings. The van der Waals surface area contributed by atoms with Gasteiger partial charge in [0.2, 0.25) is 0 Å². The number of piperidine rings is 1. The number of hydrogen-bond donors (Lipinski definition) is 1. The fourth-order valence-electron chi connectivity index (χ4n) is 3.23. The third-order valence-corrected chi connectivity index (χ3v) is 4.32. The maximum Gasteiger partial charge on any atom is 0.0224 e. The molecule has 0 bridgehead atoms. The van der Waals surface area contributed by atoms with Gasteiger partial charge in [-0.15, -0.1) is 0 Å². The Labute approximate surface area is 104 Å². The van der Waals surface area contributed by atoms with Crippen molar-refractivity contribution >= 4 is 0 Å². The molecule has 0 spiro atoms. The van der Waals surface area contributed by atoms with Gasteiger partial charge in [-0.2, -0.15) is 0 Å². The lowest BCUT2D eigenvalue weighted by Crippen LogP contribution is -2.46. The standard InChI is InChI=1S/C15H22N2/c1-2-4-13(5-3-1)7-10-17-11-8-14-6-9-16-15(14)12-17/h1-5,14-16H,6-12H2. The van der Waals surface area contributed by atoms with Crippen LogP contribution in [-0.4, -0.2) is 37.1 Å². The van der Waals surface area contributed by atoms with E-state index in [0.717, 1.165) is 12.0 Å². The van der Waals surface area contributed by atoms with Crippen LogP contribution in [-0.2, 0) is 6.42 Å². The Kier molecular flexibility index (Phi) is 3.44. The van der Waals surface area contributed by atoms with Crippen LogP contribution in [0, 0.1) is 5.92 Å². The molecule has 2 heterocycles. The van der Waals surface area contributed by atoms with Crippen molar-refractivity contribution in [2.75, 3.05) is 26.2 Å². The molecule has 2 unspecified atom stereocenters. The number of nitrogens with one attached hydrogen (secondary N) is 1. The van der Waals surface area contributed by atoms with Crippen LogP contribution >= 0.6 is 0 Å². The molecule has 2 heteroatoms. The summed E-state index contributed by atoms with van der Waals surface area (Å²) in [5.74, 6) is 0.961. The average molecular weight is 230 g/mol. The van der Waals surface area contributed by atoms with Crippen LogP contribution in [0.4, 0.5) is 0 Å². The van der Waals surface area contributed by atoms with Crippen molar-refractivity contribution < 1.29 is 0 Å². The van der Waals surface area contributed by atoms with Crippen molar-refractivity contribution in [3.63, 3.8) is 0 Å². The maximum absolute atomic E-state index is 3.65. The molecule has 2 nitrogen and oxygen atoms in total. The number of hydrogen-bond acceptors (Lipinski definition) is 2. The molecule has 2 saturated heterocycles. The van der Waals surface area contributed by atoms with Gasteiger partial charge in [0.05, 0.1) is 0 Å². The zero-order valence-corrected chi connectivity index (χ0v) is 10.4. The molecule has 0 saturated carbocycles. The average Bonchev–Trinajstić information content (AvgIpc) is 2.85. The van der Waals surface area contributed by atoms with Gasteiger partial charge in [-0.3, -0.25) is 0 Å². The van der Waals surface area contributed by atoms with E-state index in [1.165, 1.54) is 51.0 Å². The lowest BCUT2D eigenvalue weighted by molar-refractivity contribution is 0.168. The lowest BCUT2D eigenvalue weighted by Gasteiger charge is -2.34. The summed E-state index contributed by atoms with van der Waals surface area (Å²) >= 11 is 0. The van der Waals surface area contributed by atoms with Crippen molar-refractivity contribution in [3.05, 3.63) is 35.9 Å². The first-order chi connectivity index (χ1) is 8.42. The molecule has 0 aliphatic carbocycles. The van der Waals surface area contributed by atoms with E-state index in [2.05, 4.69) is 40.5 Å². The Hall–Kier alpha value is -0.860. The van der Waals surface area contributed by atoms with Crippen molar-refractivity contribution in [2.24, 2.45) is 5.92 Å². The summed E-state index contributed by atoms with van der Waals surface area (Å²) in [4.78, 5) is 2.63. The Balaban J connectivity index is 1.50. The van der Waals surface area contributed by atoms with Gasteiger partial charge < -0.3 is 10.2 Å². The smallest absolute Gasteiger partial charge is 0.0224 e. The highest BCUT2D eigenvalue weighted by atomic mass is 15.2. The van der Waals surface area contributed by atoms with E-state index in [9.17, 15) is 0 Å². The van der Waals surface area contributed by atoms with E-state index < -0.39 is 0 Å². The molecule has 2 atom stereocenters. The summed E-state index contributed by atoms with van der Waals surface area (Å²) < 4.78 is 0. The van der Waals surface area contributed by atoms with Crippen LogP contribution in [0.3, 0.4) is 0 Å². The van der Waals surface area contributed by atoms with Crippen LogP contribution in [0.15, 0.2) is 30.3 Å². The second-order valence-electron chi connectivity index (χ2n) is 5.43. The number of likely N-dealkylation sites (tertiary alicyclic amines) is 1. The monoisotopic (exact) mass is 230 g/mol. The molecule has 1 N–H and O–H groups in total. The SMILES string of the molecule is c1ccc(CCN2CCC3CCNC3C2)cc1. The minimum Gasteiger partial charge on any atom is -0.312 e. The van der Waals surface area contributed by atoms with Crippen molar-refractivity contribution in [3.8, 4) is 0 Å². The second kappa shape index (κ2) is 5.19. The third-order valence-electron chi connectivity index (χ3n) is 4.32. The molecule has 17 heavy (non-hydrogen) atoms. The Bertz CT molecular complexity index is 349. The summed E-state index contributed by atoms with van der Waals surface area (Å²) in [5.41, 5.74) is 1.47. The Morgan fingerprint density at radius 1 is 1.18 bits per heavy atom. The predicted octanol–water partition coefficient (Wildman–Crippen LogP) is 1.91. The largest absolute Gasteiger partial charge is 0.312 e. The number of benzene rings is 1. The van der Waals surface area contributed by atoms with Crippen molar-refractivity contribution in [2.45, 2.75) is 25.3 Å². The molecule has 0 amide bonds. The summed E-state index contributed by atoms with van der Waals surface area (Å²) in [6.07, 6.45) is 3.99. The summed E-state index contributed by atoms with van der Waals surface area (Å²) in [6.45, 7) is 5.02. The quantitative estimate of drug-likeness (QED) is 0.853. The first-order valence-corrected chi connectivity index (χ1v) is 6.91. The summed E-state index contributed by atoms with van der Waals surface area (Å²) in [5, 5.41) is 3.65. The van der Waals surface area contributed by atoms with Gasteiger partial charge in [0.25, 0.3) is 0 Å². The van der Waals surface area contributed by atoms with Crippen LogP contribution in [0.5, 0.6) is 0 Å². The summed E-state index contributed by atoms with van der Waals surface area (Å²) in [7, 11) is 0. The third kappa shape index (κ3) is 2.70. The molecule has 1 aromatic carbocycles. The normalized spacial score (nSPS) is 29.2. The molecule has 3 rings (SSSR count). The second-order valence-corrected chi connectivity index (χ2v) is 5.43. The van der Waals surface area contributed by atoms with Crippen molar-refractivity contribution in [1.82, 2.24) is 10.2 Å². The van der Waals surface area contributed by atoms with Crippen LogP contribution in [0.1, 0.15) is 18.4 Å². The van der Waals surface area contributed by atoms with Gasteiger partial charge in [0, 0.05) is 19.1 Å². The van der Waals surface area contributed by atoms with Gasteiger partial charge in [-0.05, 0) is 43.8 Å². The van der Waals surface area contributed by atoms with Gasteiger partial charge in [0.15, 0.2) is 0 Å². The fourth-order valence-corrected chi connectivity index (χ4v) is 3.23. The number of nitrogens with zero attached hydrogens (tertiary/aromatic N) is 1. The first-order valence-electron chi connectivity index (χ1n) is 6.91. The van der Waals surface area contributed by atoms with Gasteiger partial charge in [-0.1, -0.05) is 30.3 Å².